The predicted molar refractivity (Wildman–Crippen MR) is 108 cm³/mol. The van der Waals surface area contributed by atoms with Crippen molar-refractivity contribution in [1.29, 1.82) is 0 Å². The Morgan fingerprint density at radius 2 is 1.56 bits per heavy atom. The van der Waals surface area contributed by atoms with Gasteiger partial charge in [0, 0.05) is 11.1 Å². The van der Waals surface area contributed by atoms with Gasteiger partial charge in [0.1, 0.15) is 16.5 Å². The maximum absolute atomic E-state index is 12.9. The quantitative estimate of drug-likeness (QED) is 0.749. The maximum atomic E-state index is 12.9. The van der Waals surface area contributed by atoms with Crippen molar-refractivity contribution in [2.45, 2.75) is 20.8 Å². The SMILES string of the molecule is COc1cc(Cl)c(C)cc1NC1=C(Cl)C(=O)N(c2cc(C)cc(C)c2)C1=O. The van der Waals surface area contributed by atoms with Gasteiger partial charge in [-0.3, -0.25) is 9.59 Å². The summed E-state index contributed by atoms with van der Waals surface area (Å²) in [5.74, 6) is -0.656. The normalized spacial score (nSPS) is 14.2. The molecule has 0 unspecified atom stereocenters. The molecule has 2 aromatic carbocycles. The molecule has 7 heteroatoms. The maximum Gasteiger partial charge on any atom is 0.283 e. The first-order chi connectivity index (χ1) is 12.7. The molecular weight excluding hydrogens is 387 g/mol. The van der Waals surface area contributed by atoms with Gasteiger partial charge in [0.25, 0.3) is 11.8 Å². The number of imide groups is 1. The van der Waals surface area contributed by atoms with E-state index in [1.165, 1.54) is 7.11 Å². The lowest BCUT2D eigenvalue weighted by atomic mass is 10.1. The first kappa shape index (κ1) is 19.3. The van der Waals surface area contributed by atoms with Gasteiger partial charge < -0.3 is 10.1 Å². The molecule has 1 aliphatic rings. The Morgan fingerprint density at radius 1 is 0.926 bits per heavy atom. The monoisotopic (exact) mass is 404 g/mol. The molecule has 140 valence electrons. The topological polar surface area (TPSA) is 58.6 Å². The molecule has 0 saturated heterocycles. The number of hydrogen-bond donors (Lipinski definition) is 1. The second-order valence-electron chi connectivity index (χ2n) is 6.41. The molecule has 0 aliphatic carbocycles. The Labute approximate surface area is 167 Å². The van der Waals surface area contributed by atoms with Crippen LogP contribution in [-0.2, 0) is 9.59 Å². The van der Waals surface area contributed by atoms with Gasteiger partial charge in [-0.15, -0.1) is 0 Å². The number of nitrogens with zero attached hydrogens (tertiary/aromatic N) is 1. The highest BCUT2D eigenvalue weighted by molar-refractivity contribution is 6.53. The van der Waals surface area contributed by atoms with Crippen molar-refractivity contribution in [3.8, 4) is 5.75 Å². The Bertz CT molecular complexity index is 979. The number of amides is 2. The van der Waals surface area contributed by atoms with Crippen LogP contribution in [0.25, 0.3) is 0 Å². The smallest absolute Gasteiger partial charge is 0.283 e. The number of halogens is 2. The Hall–Kier alpha value is -2.50. The Morgan fingerprint density at radius 3 is 2.15 bits per heavy atom. The number of benzene rings is 2. The number of ether oxygens (including phenoxy) is 1. The molecule has 0 radical (unpaired) electrons. The van der Waals surface area contributed by atoms with Crippen molar-refractivity contribution in [3.05, 3.63) is 62.8 Å². The number of carbonyl (C=O) groups is 2. The van der Waals surface area contributed by atoms with Crippen LogP contribution in [0.4, 0.5) is 11.4 Å². The molecule has 0 bridgehead atoms. The van der Waals surface area contributed by atoms with Crippen molar-refractivity contribution < 1.29 is 14.3 Å². The number of hydrogen-bond acceptors (Lipinski definition) is 4. The molecule has 1 N–H and O–H groups in total. The van der Waals surface area contributed by atoms with Gasteiger partial charge in [-0.1, -0.05) is 29.3 Å². The summed E-state index contributed by atoms with van der Waals surface area (Å²) in [5, 5.41) is 3.30. The molecule has 3 rings (SSSR count). The van der Waals surface area contributed by atoms with Crippen molar-refractivity contribution in [2.24, 2.45) is 0 Å². The number of rotatable bonds is 4. The Balaban J connectivity index is 1.99. The molecule has 5 nitrogen and oxygen atoms in total. The summed E-state index contributed by atoms with van der Waals surface area (Å²) in [4.78, 5) is 26.6. The largest absolute Gasteiger partial charge is 0.495 e. The van der Waals surface area contributed by atoms with E-state index in [1.54, 1.807) is 24.3 Å². The number of carbonyl (C=O) groups excluding carboxylic acids is 2. The van der Waals surface area contributed by atoms with E-state index in [-0.39, 0.29) is 10.7 Å². The van der Waals surface area contributed by atoms with Crippen LogP contribution < -0.4 is 15.0 Å². The molecule has 0 fully saturated rings. The minimum atomic E-state index is -0.571. The summed E-state index contributed by atoms with van der Waals surface area (Å²) in [6.45, 7) is 5.63. The molecule has 0 saturated carbocycles. The van der Waals surface area contributed by atoms with Crippen molar-refractivity contribution in [3.63, 3.8) is 0 Å². The number of anilines is 2. The standard InChI is InChI=1S/C20H18Cl2N2O3/c1-10-5-11(2)7-13(6-10)24-19(25)17(22)18(20(24)26)23-15-8-12(3)14(21)9-16(15)27-4/h5-9,23H,1-4H3. The minimum absolute atomic E-state index is 0.000785. The van der Waals surface area contributed by atoms with Crippen LogP contribution in [0, 0.1) is 20.8 Å². The summed E-state index contributed by atoms with van der Waals surface area (Å²) in [5.41, 5.74) is 3.66. The van der Waals surface area contributed by atoms with Gasteiger partial charge in [-0.25, -0.2) is 4.90 Å². The zero-order valence-corrected chi connectivity index (χ0v) is 16.8. The highest BCUT2D eigenvalue weighted by Gasteiger charge is 2.39. The van der Waals surface area contributed by atoms with Crippen molar-refractivity contribution in [2.75, 3.05) is 17.3 Å². The second-order valence-corrected chi connectivity index (χ2v) is 7.19. The highest BCUT2D eigenvalue weighted by Crippen LogP contribution is 2.35. The fourth-order valence-corrected chi connectivity index (χ4v) is 3.36. The average Bonchev–Trinajstić information content (AvgIpc) is 2.80. The molecule has 27 heavy (non-hydrogen) atoms. The van der Waals surface area contributed by atoms with Gasteiger partial charge >= 0.3 is 0 Å². The van der Waals surface area contributed by atoms with Crippen molar-refractivity contribution >= 4 is 46.4 Å². The molecule has 1 aliphatic heterocycles. The molecule has 0 aromatic heterocycles. The van der Waals surface area contributed by atoms with Crippen LogP contribution >= 0.6 is 23.2 Å². The first-order valence-electron chi connectivity index (χ1n) is 8.21. The summed E-state index contributed by atoms with van der Waals surface area (Å²) in [6, 6.07) is 8.86. The predicted octanol–water partition coefficient (Wildman–Crippen LogP) is 4.71. The van der Waals surface area contributed by atoms with Crippen LogP contribution in [-0.4, -0.2) is 18.9 Å². The third kappa shape index (κ3) is 3.53. The molecule has 2 aromatic rings. The van der Waals surface area contributed by atoms with Crippen molar-refractivity contribution in [1.82, 2.24) is 0 Å². The third-order valence-corrected chi connectivity index (χ3v) is 4.99. The zero-order chi connectivity index (χ0) is 19.9. The lowest BCUT2D eigenvalue weighted by molar-refractivity contribution is -0.120. The van der Waals surface area contributed by atoms with E-state index in [0.717, 1.165) is 21.6 Å². The second kappa shape index (κ2) is 7.25. The van der Waals surface area contributed by atoms with E-state index >= 15 is 0 Å². The van der Waals surface area contributed by atoms with Gasteiger partial charge in [0.05, 0.1) is 18.5 Å². The zero-order valence-electron chi connectivity index (χ0n) is 15.3. The summed E-state index contributed by atoms with van der Waals surface area (Å²) < 4.78 is 5.31. The molecule has 0 spiro atoms. The van der Waals surface area contributed by atoms with Gasteiger partial charge in [0.2, 0.25) is 0 Å². The number of methoxy groups -OCH3 is 1. The first-order valence-corrected chi connectivity index (χ1v) is 8.96. The molecule has 0 atom stereocenters. The van der Waals surface area contributed by atoms with E-state index in [0.29, 0.717) is 22.1 Å². The Kier molecular flexibility index (Phi) is 5.18. The number of aryl methyl sites for hydroxylation is 3. The molecular formula is C20H18Cl2N2O3. The fourth-order valence-electron chi connectivity index (χ4n) is 2.99. The van der Waals surface area contributed by atoms with Gasteiger partial charge in [-0.2, -0.15) is 0 Å². The number of nitrogens with one attached hydrogen (secondary N) is 1. The molecule has 1 heterocycles. The van der Waals surface area contributed by atoms with E-state index in [2.05, 4.69) is 5.32 Å². The van der Waals surface area contributed by atoms with Gasteiger partial charge in [-0.05, 0) is 55.7 Å². The van der Waals surface area contributed by atoms with E-state index in [4.69, 9.17) is 27.9 Å². The van der Waals surface area contributed by atoms with Crippen LogP contribution in [0.1, 0.15) is 16.7 Å². The summed E-state index contributed by atoms with van der Waals surface area (Å²) in [6.07, 6.45) is 0. The van der Waals surface area contributed by atoms with Crippen LogP contribution in [0.3, 0.4) is 0 Å². The van der Waals surface area contributed by atoms with Crippen LogP contribution in [0.5, 0.6) is 5.75 Å². The fraction of sp³-hybridized carbons (Fsp3) is 0.200. The van der Waals surface area contributed by atoms with E-state index < -0.39 is 11.8 Å². The van der Waals surface area contributed by atoms with Crippen LogP contribution in [0.15, 0.2) is 41.1 Å². The van der Waals surface area contributed by atoms with Gasteiger partial charge in [0.15, 0.2) is 0 Å². The summed E-state index contributed by atoms with van der Waals surface area (Å²) >= 11 is 12.3. The highest BCUT2D eigenvalue weighted by atomic mass is 35.5. The lowest BCUT2D eigenvalue weighted by Crippen LogP contribution is -2.32. The van der Waals surface area contributed by atoms with E-state index in [9.17, 15) is 9.59 Å². The third-order valence-electron chi connectivity index (χ3n) is 4.23. The lowest BCUT2D eigenvalue weighted by Gasteiger charge is -2.17. The molecule has 2 amide bonds. The minimum Gasteiger partial charge on any atom is -0.495 e. The average molecular weight is 405 g/mol. The summed E-state index contributed by atoms with van der Waals surface area (Å²) in [7, 11) is 1.49. The van der Waals surface area contributed by atoms with Crippen LogP contribution in [0.2, 0.25) is 5.02 Å². The van der Waals surface area contributed by atoms with E-state index in [1.807, 2.05) is 26.8 Å².